The summed E-state index contributed by atoms with van der Waals surface area (Å²) in [6.07, 6.45) is -0.0945. The van der Waals surface area contributed by atoms with Crippen molar-refractivity contribution in [2.24, 2.45) is 0 Å². The maximum atomic E-state index is 4.93. The van der Waals surface area contributed by atoms with Gasteiger partial charge in [0.15, 0.2) is 0 Å². The van der Waals surface area contributed by atoms with Crippen LogP contribution >= 0.6 is 0 Å². The molecule has 0 amide bonds. The molecule has 0 spiro atoms. The Kier molecular flexibility index (Phi) is 3.05. The molecule has 1 radical (unpaired) electrons. The van der Waals surface area contributed by atoms with Crippen LogP contribution in [0, 0.1) is 6.07 Å². The van der Waals surface area contributed by atoms with Crippen molar-refractivity contribution in [3.05, 3.63) is 83.7 Å². The van der Waals surface area contributed by atoms with Gasteiger partial charge >= 0.3 is 0 Å². The first-order chi connectivity index (χ1) is 11.9. The number of nitrogens with zero attached hydrogens (tertiary/aromatic N) is 4. The molecule has 4 nitrogen and oxygen atoms in total. The SMILES string of the molecule is [Ir].[c-]1cccc2c1C1[N-]c3ccccc3N1c1nc3ccccc3n1-2. The van der Waals surface area contributed by atoms with Crippen LogP contribution in [-0.2, 0) is 20.1 Å². The van der Waals surface area contributed by atoms with Crippen molar-refractivity contribution < 1.29 is 20.1 Å². The maximum Gasteiger partial charge on any atom is 0.203 e. The van der Waals surface area contributed by atoms with Gasteiger partial charge in [-0.15, -0.1) is 17.3 Å². The van der Waals surface area contributed by atoms with E-state index in [9.17, 15) is 0 Å². The van der Waals surface area contributed by atoms with E-state index < -0.39 is 0 Å². The van der Waals surface area contributed by atoms with Gasteiger partial charge in [-0.25, -0.2) is 4.98 Å². The molecule has 0 aliphatic carbocycles. The average Bonchev–Trinajstić information content (AvgIpc) is 3.20. The normalized spacial score (nSPS) is 16.3. The summed E-state index contributed by atoms with van der Waals surface area (Å²) in [5.74, 6) is 0.919. The van der Waals surface area contributed by atoms with E-state index >= 15 is 0 Å². The molecule has 4 aromatic rings. The van der Waals surface area contributed by atoms with Crippen LogP contribution in [0.4, 0.5) is 17.3 Å². The monoisotopic (exact) mass is 501 g/mol. The second-order valence-electron chi connectivity index (χ2n) is 6.07. The van der Waals surface area contributed by atoms with Gasteiger partial charge in [0, 0.05) is 25.8 Å². The van der Waals surface area contributed by atoms with Gasteiger partial charge in [0.2, 0.25) is 5.95 Å². The molecule has 0 saturated heterocycles. The first-order valence-electron chi connectivity index (χ1n) is 7.99. The largest absolute Gasteiger partial charge is 0.661 e. The minimum absolute atomic E-state index is 0. The van der Waals surface area contributed by atoms with E-state index in [1.807, 2.05) is 30.3 Å². The van der Waals surface area contributed by atoms with Crippen molar-refractivity contribution >= 4 is 28.4 Å². The third kappa shape index (κ3) is 1.82. The molecule has 0 bridgehead atoms. The molecule has 2 aliphatic rings. The topological polar surface area (TPSA) is 35.2 Å². The predicted molar refractivity (Wildman–Crippen MR) is 94.2 cm³/mol. The molecule has 3 aromatic carbocycles. The second kappa shape index (κ2) is 5.19. The Morgan fingerprint density at radius 3 is 2.68 bits per heavy atom. The van der Waals surface area contributed by atoms with Crippen molar-refractivity contribution in [3.63, 3.8) is 0 Å². The van der Waals surface area contributed by atoms with E-state index in [-0.39, 0.29) is 26.3 Å². The van der Waals surface area contributed by atoms with Gasteiger partial charge in [-0.05, 0) is 24.4 Å². The van der Waals surface area contributed by atoms with E-state index in [0.717, 1.165) is 39.6 Å². The molecule has 6 rings (SSSR count). The number of hydrogen-bond donors (Lipinski definition) is 0. The van der Waals surface area contributed by atoms with Crippen molar-refractivity contribution in [3.8, 4) is 5.69 Å². The second-order valence-corrected chi connectivity index (χ2v) is 6.07. The molecular weight excluding hydrogens is 488 g/mol. The average molecular weight is 501 g/mol. The van der Waals surface area contributed by atoms with Crippen molar-refractivity contribution in [1.82, 2.24) is 9.55 Å². The number of aromatic nitrogens is 2. The zero-order valence-corrected chi connectivity index (χ0v) is 15.4. The Bertz CT molecular complexity index is 1120. The summed E-state index contributed by atoms with van der Waals surface area (Å²) in [4.78, 5) is 7.13. The molecule has 3 heterocycles. The zero-order chi connectivity index (χ0) is 15.7. The van der Waals surface area contributed by atoms with E-state index in [0.29, 0.717) is 0 Å². The third-order valence-electron chi connectivity index (χ3n) is 4.77. The summed E-state index contributed by atoms with van der Waals surface area (Å²) >= 11 is 0. The summed E-state index contributed by atoms with van der Waals surface area (Å²) in [6.45, 7) is 0. The van der Waals surface area contributed by atoms with Gasteiger partial charge in [-0.2, -0.15) is 18.2 Å². The van der Waals surface area contributed by atoms with E-state index in [4.69, 9.17) is 10.3 Å². The summed E-state index contributed by atoms with van der Waals surface area (Å²) in [7, 11) is 0. The predicted octanol–water partition coefficient (Wildman–Crippen LogP) is 4.99. The molecule has 1 aromatic heterocycles. The van der Waals surface area contributed by atoms with Gasteiger partial charge in [0.1, 0.15) is 0 Å². The Hall–Kier alpha value is -2.62. The fraction of sp³-hybridized carbons (Fsp3) is 0.0500. The first-order valence-corrected chi connectivity index (χ1v) is 7.99. The van der Waals surface area contributed by atoms with Crippen LogP contribution < -0.4 is 4.90 Å². The van der Waals surface area contributed by atoms with E-state index in [2.05, 4.69) is 51.9 Å². The van der Waals surface area contributed by atoms with Gasteiger partial charge < -0.3 is 14.8 Å². The fourth-order valence-corrected chi connectivity index (χ4v) is 3.76. The van der Waals surface area contributed by atoms with Gasteiger partial charge in [0.05, 0.1) is 11.0 Å². The molecule has 0 fully saturated rings. The Balaban J connectivity index is 0.00000140. The van der Waals surface area contributed by atoms with Crippen molar-refractivity contribution in [2.45, 2.75) is 6.17 Å². The van der Waals surface area contributed by atoms with Crippen LogP contribution in [0.1, 0.15) is 11.7 Å². The number of fused-ring (bicyclic) bond motifs is 10. The van der Waals surface area contributed by atoms with Crippen molar-refractivity contribution in [1.29, 1.82) is 0 Å². The number of rotatable bonds is 0. The minimum Gasteiger partial charge on any atom is -0.661 e. The van der Waals surface area contributed by atoms with Gasteiger partial charge in [-0.3, -0.25) is 0 Å². The van der Waals surface area contributed by atoms with Crippen LogP contribution in [0.2, 0.25) is 0 Å². The van der Waals surface area contributed by atoms with Crippen LogP contribution in [-0.4, -0.2) is 9.55 Å². The van der Waals surface area contributed by atoms with Crippen LogP contribution in [0.15, 0.2) is 66.7 Å². The molecule has 0 saturated carbocycles. The Morgan fingerprint density at radius 2 is 1.72 bits per heavy atom. The van der Waals surface area contributed by atoms with Crippen molar-refractivity contribution in [2.75, 3.05) is 4.90 Å². The molecule has 2 aliphatic heterocycles. The maximum absolute atomic E-state index is 4.93. The number of imidazole rings is 1. The van der Waals surface area contributed by atoms with E-state index in [1.165, 1.54) is 0 Å². The summed E-state index contributed by atoms with van der Waals surface area (Å²) in [5, 5.41) is 4.93. The zero-order valence-electron chi connectivity index (χ0n) is 13.1. The first kappa shape index (κ1) is 14.7. The fourth-order valence-electron chi connectivity index (χ4n) is 3.76. The van der Waals surface area contributed by atoms with E-state index in [1.54, 1.807) is 0 Å². The number of benzene rings is 3. The van der Waals surface area contributed by atoms with Crippen LogP contribution in [0.25, 0.3) is 22.0 Å². The summed E-state index contributed by atoms with van der Waals surface area (Å²) in [5.41, 5.74) is 6.40. The molecule has 0 N–H and O–H groups in total. The minimum atomic E-state index is -0.0945. The Labute approximate surface area is 158 Å². The quantitative estimate of drug-likeness (QED) is 0.319. The number of para-hydroxylation sites is 4. The molecular formula is C20H12IrN4-2. The molecule has 25 heavy (non-hydrogen) atoms. The van der Waals surface area contributed by atoms with Gasteiger partial charge in [0.25, 0.3) is 0 Å². The Morgan fingerprint density at radius 1 is 0.920 bits per heavy atom. The third-order valence-corrected chi connectivity index (χ3v) is 4.77. The number of anilines is 2. The molecule has 5 heteroatoms. The molecule has 1 unspecified atom stereocenters. The summed E-state index contributed by atoms with van der Waals surface area (Å²) < 4.78 is 2.22. The standard InChI is InChI=1S/C20H12N4.Ir/c1-4-10-16-13(7-1)19-21-14-8-2-6-12-18(14)24(19)20-22-15-9-3-5-11-17(15)23(16)20;/h1-6,8-12,19H;/q-2;. The molecule has 1 atom stereocenters. The number of hydrogen-bond acceptors (Lipinski definition) is 2. The summed E-state index contributed by atoms with van der Waals surface area (Å²) in [6, 6.07) is 26.0. The van der Waals surface area contributed by atoms with Crippen LogP contribution in [0.5, 0.6) is 0 Å². The van der Waals surface area contributed by atoms with Gasteiger partial charge in [-0.1, -0.05) is 36.0 Å². The van der Waals surface area contributed by atoms with Crippen LogP contribution in [0.3, 0.4) is 0 Å². The molecule has 123 valence electrons. The smallest absolute Gasteiger partial charge is 0.203 e.